The van der Waals surface area contributed by atoms with Crippen LogP contribution in [-0.2, 0) is 11.3 Å². The Morgan fingerprint density at radius 3 is 3.00 bits per heavy atom. The molecule has 0 bridgehead atoms. The molecule has 1 aliphatic heterocycles. The third-order valence-corrected chi connectivity index (χ3v) is 4.73. The second-order valence-electron chi connectivity index (χ2n) is 5.96. The van der Waals surface area contributed by atoms with Gasteiger partial charge in [-0.15, -0.1) is 0 Å². The number of aliphatic imine (C=N–C) groups is 1. The maximum atomic E-state index is 13.2. The minimum absolute atomic E-state index is 0.216. The molecule has 0 spiro atoms. The molecule has 122 valence electrons. The Labute approximate surface area is 140 Å². The van der Waals surface area contributed by atoms with Gasteiger partial charge >= 0.3 is 0 Å². The van der Waals surface area contributed by atoms with Crippen LogP contribution >= 0.6 is 11.6 Å². The van der Waals surface area contributed by atoms with E-state index in [4.69, 9.17) is 21.3 Å². The molecule has 0 radical (unpaired) electrons. The number of hydrogen-bond donors (Lipinski definition) is 0. The van der Waals surface area contributed by atoms with Crippen molar-refractivity contribution in [3.63, 3.8) is 0 Å². The normalized spacial score (nSPS) is 18.6. The van der Waals surface area contributed by atoms with E-state index in [9.17, 15) is 4.39 Å². The first kappa shape index (κ1) is 16.1. The lowest BCUT2D eigenvalue weighted by molar-refractivity contribution is 0.281. The van der Waals surface area contributed by atoms with Gasteiger partial charge in [-0.1, -0.05) is 37.9 Å². The van der Waals surface area contributed by atoms with Crippen molar-refractivity contribution in [2.45, 2.75) is 32.9 Å². The van der Waals surface area contributed by atoms with Crippen LogP contribution in [0.2, 0.25) is 5.02 Å². The quantitative estimate of drug-likeness (QED) is 0.789. The van der Waals surface area contributed by atoms with Gasteiger partial charge in [0.1, 0.15) is 18.1 Å². The first-order valence-electron chi connectivity index (χ1n) is 7.88. The predicted octanol–water partition coefficient (Wildman–Crippen LogP) is 4.52. The first-order valence-corrected chi connectivity index (χ1v) is 8.26. The van der Waals surface area contributed by atoms with Gasteiger partial charge in [-0.25, -0.2) is 9.38 Å². The van der Waals surface area contributed by atoms with Crippen LogP contribution in [-0.4, -0.2) is 23.1 Å². The van der Waals surface area contributed by atoms with Crippen molar-refractivity contribution in [3.05, 3.63) is 58.6 Å². The van der Waals surface area contributed by atoms with Crippen molar-refractivity contribution in [2.75, 3.05) is 6.61 Å². The lowest BCUT2D eigenvalue weighted by Gasteiger charge is -2.11. The summed E-state index contributed by atoms with van der Waals surface area (Å²) in [6.45, 7) is 5.54. The number of hydrogen-bond acceptors (Lipinski definition) is 2. The summed E-state index contributed by atoms with van der Waals surface area (Å²) in [4.78, 5) is 4.72. The van der Waals surface area contributed by atoms with Crippen LogP contribution in [0.15, 0.2) is 41.5 Å². The lowest BCUT2D eigenvalue weighted by Crippen LogP contribution is -2.16. The van der Waals surface area contributed by atoms with Crippen LogP contribution in [0.25, 0.3) is 0 Å². The Balaban J connectivity index is 1.83. The van der Waals surface area contributed by atoms with Crippen LogP contribution in [0.1, 0.15) is 31.5 Å². The van der Waals surface area contributed by atoms with Crippen molar-refractivity contribution < 1.29 is 9.13 Å². The summed E-state index contributed by atoms with van der Waals surface area (Å²) >= 11 is 6.13. The van der Waals surface area contributed by atoms with Crippen LogP contribution in [0, 0.1) is 11.7 Å². The van der Waals surface area contributed by atoms with Gasteiger partial charge in [0.15, 0.2) is 0 Å². The molecule has 1 aromatic carbocycles. The molecule has 0 saturated heterocycles. The van der Waals surface area contributed by atoms with E-state index in [0.717, 1.165) is 17.7 Å². The molecule has 3 rings (SSSR count). The van der Waals surface area contributed by atoms with E-state index in [0.29, 0.717) is 30.0 Å². The van der Waals surface area contributed by atoms with E-state index < -0.39 is 0 Å². The van der Waals surface area contributed by atoms with Gasteiger partial charge < -0.3 is 9.30 Å². The average molecular weight is 335 g/mol. The molecule has 2 atom stereocenters. The Bertz CT molecular complexity index is 726. The minimum atomic E-state index is -0.327. The van der Waals surface area contributed by atoms with Crippen LogP contribution in [0.3, 0.4) is 0 Å². The molecule has 0 unspecified atom stereocenters. The highest BCUT2D eigenvalue weighted by Crippen LogP contribution is 2.23. The molecule has 1 aliphatic rings. The molecule has 0 N–H and O–H groups in total. The highest BCUT2D eigenvalue weighted by molar-refractivity contribution is 6.31. The maximum absolute atomic E-state index is 13.2. The number of halogens is 2. The molecular formula is C18H20ClFN2O. The van der Waals surface area contributed by atoms with Crippen LogP contribution < -0.4 is 0 Å². The van der Waals surface area contributed by atoms with Gasteiger partial charge in [0, 0.05) is 17.8 Å². The van der Waals surface area contributed by atoms with Crippen molar-refractivity contribution in [1.29, 1.82) is 0 Å². The van der Waals surface area contributed by atoms with Crippen molar-refractivity contribution in [2.24, 2.45) is 10.9 Å². The van der Waals surface area contributed by atoms with Crippen molar-refractivity contribution >= 4 is 17.5 Å². The largest absolute Gasteiger partial charge is 0.474 e. The van der Waals surface area contributed by atoms with Crippen molar-refractivity contribution in [1.82, 2.24) is 4.57 Å². The van der Waals surface area contributed by atoms with Gasteiger partial charge in [0.25, 0.3) is 0 Å². The smallest absolute Gasteiger partial charge is 0.233 e. The number of benzene rings is 1. The summed E-state index contributed by atoms with van der Waals surface area (Å²) in [5.74, 6) is 0.854. The topological polar surface area (TPSA) is 26.5 Å². The monoisotopic (exact) mass is 334 g/mol. The third kappa shape index (κ3) is 3.42. The second-order valence-corrected chi connectivity index (χ2v) is 6.36. The number of ether oxygens (including phenoxy) is 1. The van der Waals surface area contributed by atoms with Gasteiger partial charge in [0.05, 0.1) is 6.04 Å². The highest BCUT2D eigenvalue weighted by Gasteiger charge is 2.25. The molecule has 2 aromatic rings. The number of rotatable bonds is 5. The summed E-state index contributed by atoms with van der Waals surface area (Å²) in [6.07, 6.45) is 3.04. The third-order valence-electron chi connectivity index (χ3n) is 4.38. The van der Waals surface area contributed by atoms with E-state index in [2.05, 4.69) is 13.8 Å². The first-order chi connectivity index (χ1) is 11.1. The summed E-state index contributed by atoms with van der Waals surface area (Å²) in [6, 6.07) is 8.62. The number of aromatic nitrogens is 1. The van der Waals surface area contributed by atoms with E-state index in [1.165, 1.54) is 12.1 Å². The molecular weight excluding hydrogens is 315 g/mol. The van der Waals surface area contributed by atoms with Crippen LogP contribution in [0.4, 0.5) is 4.39 Å². The maximum Gasteiger partial charge on any atom is 0.233 e. The molecule has 0 aliphatic carbocycles. The number of nitrogens with zero attached hydrogens (tertiary/aromatic N) is 2. The summed E-state index contributed by atoms with van der Waals surface area (Å²) in [5.41, 5.74) is 1.79. The SMILES string of the molecule is CC[C@@H](C)[C@@H]1COC(c2cccn2Cc2ccc(F)cc2Cl)=N1. The Hall–Kier alpha value is -1.81. The van der Waals surface area contributed by atoms with Gasteiger partial charge in [0.2, 0.25) is 5.90 Å². The van der Waals surface area contributed by atoms with Gasteiger partial charge in [-0.2, -0.15) is 0 Å². The Morgan fingerprint density at radius 2 is 2.26 bits per heavy atom. The van der Waals surface area contributed by atoms with Crippen LogP contribution in [0.5, 0.6) is 0 Å². The fourth-order valence-electron chi connectivity index (χ4n) is 2.67. The van der Waals surface area contributed by atoms with E-state index in [-0.39, 0.29) is 11.9 Å². The summed E-state index contributed by atoms with van der Waals surface area (Å²) < 4.78 is 21.0. The molecule has 0 saturated carbocycles. The molecule has 23 heavy (non-hydrogen) atoms. The highest BCUT2D eigenvalue weighted by atomic mass is 35.5. The average Bonchev–Trinajstić information content (AvgIpc) is 3.18. The summed E-state index contributed by atoms with van der Waals surface area (Å²) in [5, 5.41) is 0.427. The standard InChI is InChI=1S/C18H20ClFN2O/c1-3-12(2)16-11-23-18(21-16)17-5-4-8-22(17)10-13-6-7-14(20)9-15(13)19/h4-9,12,16H,3,10-11H2,1-2H3/t12-,16+/m1/s1. The second kappa shape index (κ2) is 6.75. The zero-order valence-electron chi connectivity index (χ0n) is 13.3. The van der Waals surface area contributed by atoms with Crippen molar-refractivity contribution in [3.8, 4) is 0 Å². The fraction of sp³-hybridized carbons (Fsp3) is 0.389. The molecule has 0 amide bonds. The van der Waals surface area contributed by atoms with E-state index >= 15 is 0 Å². The van der Waals surface area contributed by atoms with E-state index in [1.54, 1.807) is 6.07 Å². The molecule has 2 heterocycles. The predicted molar refractivity (Wildman–Crippen MR) is 90.7 cm³/mol. The molecule has 3 nitrogen and oxygen atoms in total. The van der Waals surface area contributed by atoms with Gasteiger partial charge in [-0.3, -0.25) is 0 Å². The zero-order valence-corrected chi connectivity index (χ0v) is 14.1. The molecule has 0 fully saturated rings. The minimum Gasteiger partial charge on any atom is -0.474 e. The molecule has 5 heteroatoms. The van der Waals surface area contributed by atoms with E-state index in [1.807, 2.05) is 22.9 Å². The zero-order chi connectivity index (χ0) is 16.4. The lowest BCUT2D eigenvalue weighted by atomic mass is 10.0. The Kier molecular flexibility index (Phi) is 4.71. The summed E-state index contributed by atoms with van der Waals surface area (Å²) in [7, 11) is 0. The van der Waals surface area contributed by atoms with Gasteiger partial charge in [-0.05, 0) is 35.7 Å². The Morgan fingerprint density at radius 1 is 1.43 bits per heavy atom. The molecule has 1 aromatic heterocycles. The fourth-order valence-corrected chi connectivity index (χ4v) is 2.90.